The molecule has 2 aliphatic rings. The monoisotopic (exact) mass is 307 g/mol. The van der Waals surface area contributed by atoms with Crippen LogP contribution in [0.2, 0.25) is 0 Å². The van der Waals surface area contributed by atoms with Crippen molar-refractivity contribution in [1.82, 2.24) is 9.88 Å². The Labute approximate surface area is 132 Å². The standard InChI is InChI=1S/C17H29N3S/c1-17(2,18)16-15(13-7-8-13)19-14(21-16)9-12-20-10-5-3-4-6-11-20/h13H,3-12,18H2,1-2H3. The highest BCUT2D eigenvalue weighted by atomic mass is 32.1. The number of hydrogen-bond donors (Lipinski definition) is 1. The van der Waals surface area contributed by atoms with Crippen LogP contribution in [0.25, 0.3) is 0 Å². The summed E-state index contributed by atoms with van der Waals surface area (Å²) < 4.78 is 0. The molecular weight excluding hydrogens is 278 g/mol. The zero-order valence-electron chi connectivity index (χ0n) is 13.5. The molecule has 3 rings (SSSR count). The Hall–Kier alpha value is -0.450. The van der Waals surface area contributed by atoms with E-state index >= 15 is 0 Å². The van der Waals surface area contributed by atoms with E-state index in [-0.39, 0.29) is 5.54 Å². The van der Waals surface area contributed by atoms with E-state index in [1.165, 1.54) is 73.7 Å². The Morgan fingerprint density at radius 3 is 2.43 bits per heavy atom. The smallest absolute Gasteiger partial charge is 0.0944 e. The van der Waals surface area contributed by atoms with Gasteiger partial charge in [0.2, 0.25) is 0 Å². The minimum Gasteiger partial charge on any atom is -0.321 e. The molecule has 0 amide bonds. The molecule has 118 valence electrons. The molecule has 1 saturated heterocycles. The Kier molecular flexibility index (Phi) is 4.67. The average molecular weight is 308 g/mol. The molecule has 2 N–H and O–H groups in total. The predicted octanol–water partition coefficient (Wildman–Crippen LogP) is 3.63. The van der Waals surface area contributed by atoms with Crippen LogP contribution in [-0.4, -0.2) is 29.5 Å². The van der Waals surface area contributed by atoms with Crippen LogP contribution in [0.5, 0.6) is 0 Å². The second kappa shape index (κ2) is 6.35. The second-order valence-corrected chi connectivity index (χ2v) is 8.41. The van der Waals surface area contributed by atoms with Gasteiger partial charge in [-0.1, -0.05) is 12.8 Å². The van der Waals surface area contributed by atoms with Crippen LogP contribution in [0.1, 0.15) is 73.9 Å². The third kappa shape index (κ3) is 4.05. The molecule has 2 heterocycles. The number of hydrogen-bond acceptors (Lipinski definition) is 4. The number of nitrogens with zero attached hydrogens (tertiary/aromatic N) is 2. The van der Waals surface area contributed by atoms with Crippen molar-refractivity contribution in [1.29, 1.82) is 0 Å². The van der Waals surface area contributed by atoms with E-state index < -0.39 is 0 Å². The lowest BCUT2D eigenvalue weighted by Gasteiger charge is -2.18. The number of rotatable bonds is 5. The van der Waals surface area contributed by atoms with Crippen LogP contribution in [0.15, 0.2) is 0 Å². The van der Waals surface area contributed by atoms with Gasteiger partial charge in [0.15, 0.2) is 0 Å². The summed E-state index contributed by atoms with van der Waals surface area (Å²) in [5.74, 6) is 0.700. The molecule has 0 unspecified atom stereocenters. The van der Waals surface area contributed by atoms with Crippen molar-refractivity contribution in [3.05, 3.63) is 15.6 Å². The molecule has 1 aromatic rings. The molecule has 0 spiro atoms. The van der Waals surface area contributed by atoms with Crippen LogP contribution >= 0.6 is 11.3 Å². The minimum absolute atomic E-state index is 0.240. The summed E-state index contributed by atoms with van der Waals surface area (Å²) in [6.45, 7) is 7.95. The van der Waals surface area contributed by atoms with E-state index in [9.17, 15) is 0 Å². The molecule has 1 saturated carbocycles. The van der Waals surface area contributed by atoms with Gasteiger partial charge in [0.25, 0.3) is 0 Å². The topological polar surface area (TPSA) is 42.1 Å². The maximum atomic E-state index is 6.36. The van der Waals surface area contributed by atoms with Crippen LogP contribution < -0.4 is 5.73 Å². The van der Waals surface area contributed by atoms with Crippen LogP contribution in [-0.2, 0) is 12.0 Å². The minimum atomic E-state index is -0.240. The van der Waals surface area contributed by atoms with E-state index in [4.69, 9.17) is 10.7 Å². The van der Waals surface area contributed by atoms with Crippen molar-refractivity contribution < 1.29 is 0 Å². The first-order chi connectivity index (χ1) is 10.0. The summed E-state index contributed by atoms with van der Waals surface area (Å²) in [5, 5.41) is 1.30. The summed E-state index contributed by atoms with van der Waals surface area (Å²) >= 11 is 1.87. The van der Waals surface area contributed by atoms with E-state index in [0.717, 1.165) is 6.42 Å². The van der Waals surface area contributed by atoms with Gasteiger partial charge in [-0.15, -0.1) is 11.3 Å². The van der Waals surface area contributed by atoms with Crippen molar-refractivity contribution in [3.63, 3.8) is 0 Å². The lowest BCUT2D eigenvalue weighted by atomic mass is 10.0. The first-order valence-corrected chi connectivity index (χ1v) is 9.37. The molecular formula is C17H29N3S. The summed E-state index contributed by atoms with van der Waals surface area (Å²) in [4.78, 5) is 8.91. The molecule has 0 atom stereocenters. The molecule has 1 aliphatic heterocycles. The van der Waals surface area contributed by atoms with Gasteiger partial charge in [0, 0.05) is 29.3 Å². The van der Waals surface area contributed by atoms with E-state index in [1.807, 2.05) is 11.3 Å². The fourth-order valence-electron chi connectivity index (χ4n) is 3.19. The molecule has 0 radical (unpaired) electrons. The molecule has 0 aromatic carbocycles. The van der Waals surface area contributed by atoms with E-state index in [0.29, 0.717) is 5.92 Å². The summed E-state index contributed by atoms with van der Waals surface area (Å²) in [6.07, 6.45) is 9.26. The Bertz CT molecular complexity index is 463. The number of likely N-dealkylation sites (tertiary alicyclic amines) is 1. The first-order valence-electron chi connectivity index (χ1n) is 8.55. The third-order valence-electron chi connectivity index (χ3n) is 4.59. The fourth-order valence-corrected chi connectivity index (χ4v) is 4.35. The van der Waals surface area contributed by atoms with Crippen molar-refractivity contribution in [2.24, 2.45) is 5.73 Å². The Morgan fingerprint density at radius 1 is 1.19 bits per heavy atom. The molecule has 4 heteroatoms. The van der Waals surface area contributed by atoms with E-state index in [2.05, 4.69) is 18.7 Å². The van der Waals surface area contributed by atoms with Crippen molar-refractivity contribution in [2.45, 2.75) is 70.3 Å². The van der Waals surface area contributed by atoms with Crippen molar-refractivity contribution in [3.8, 4) is 0 Å². The van der Waals surface area contributed by atoms with Gasteiger partial charge >= 0.3 is 0 Å². The lowest BCUT2D eigenvalue weighted by molar-refractivity contribution is 0.288. The number of aromatic nitrogens is 1. The zero-order chi connectivity index (χ0) is 14.9. The first kappa shape index (κ1) is 15.4. The summed E-state index contributed by atoms with van der Waals surface area (Å²) in [5.41, 5.74) is 7.43. The maximum absolute atomic E-state index is 6.36. The van der Waals surface area contributed by atoms with Gasteiger partial charge in [-0.2, -0.15) is 0 Å². The van der Waals surface area contributed by atoms with Gasteiger partial charge in [-0.25, -0.2) is 4.98 Å². The third-order valence-corrected chi connectivity index (χ3v) is 6.06. The largest absolute Gasteiger partial charge is 0.321 e. The van der Waals surface area contributed by atoms with Crippen LogP contribution in [0, 0.1) is 0 Å². The predicted molar refractivity (Wildman–Crippen MR) is 89.9 cm³/mol. The highest BCUT2D eigenvalue weighted by Crippen LogP contribution is 2.45. The normalized spacial score (nSPS) is 21.5. The van der Waals surface area contributed by atoms with Crippen LogP contribution in [0.4, 0.5) is 0 Å². The lowest BCUT2D eigenvalue weighted by Crippen LogP contribution is -2.28. The van der Waals surface area contributed by atoms with E-state index in [1.54, 1.807) is 0 Å². The second-order valence-electron chi connectivity index (χ2n) is 7.32. The molecule has 1 aliphatic carbocycles. The number of nitrogens with two attached hydrogens (primary N) is 1. The molecule has 3 nitrogen and oxygen atoms in total. The average Bonchev–Trinajstić information content (AvgIpc) is 3.21. The molecule has 2 fully saturated rings. The van der Waals surface area contributed by atoms with Gasteiger partial charge in [-0.05, 0) is 52.6 Å². The zero-order valence-corrected chi connectivity index (χ0v) is 14.3. The molecule has 21 heavy (non-hydrogen) atoms. The molecule has 1 aromatic heterocycles. The van der Waals surface area contributed by atoms with Crippen LogP contribution in [0.3, 0.4) is 0 Å². The van der Waals surface area contributed by atoms with Crippen molar-refractivity contribution in [2.75, 3.05) is 19.6 Å². The number of thiazole rings is 1. The van der Waals surface area contributed by atoms with Crippen molar-refractivity contribution >= 4 is 11.3 Å². The summed E-state index contributed by atoms with van der Waals surface area (Å²) in [7, 11) is 0. The highest BCUT2D eigenvalue weighted by molar-refractivity contribution is 7.11. The Morgan fingerprint density at radius 2 is 1.86 bits per heavy atom. The fraction of sp³-hybridized carbons (Fsp3) is 0.824. The SMILES string of the molecule is CC(C)(N)c1sc(CCN2CCCCCC2)nc1C1CC1. The quantitative estimate of drug-likeness (QED) is 0.903. The van der Waals surface area contributed by atoms with Gasteiger partial charge < -0.3 is 10.6 Å². The van der Waals surface area contributed by atoms with Gasteiger partial charge in [0.1, 0.15) is 0 Å². The highest BCUT2D eigenvalue weighted by Gasteiger charge is 2.33. The van der Waals surface area contributed by atoms with Gasteiger partial charge in [-0.3, -0.25) is 0 Å². The summed E-state index contributed by atoms with van der Waals surface area (Å²) in [6, 6.07) is 0. The maximum Gasteiger partial charge on any atom is 0.0944 e. The Balaban J connectivity index is 1.65. The van der Waals surface area contributed by atoms with Gasteiger partial charge in [0.05, 0.1) is 10.7 Å². The molecule has 0 bridgehead atoms.